The zero-order valence-electron chi connectivity index (χ0n) is 25.3. The van der Waals surface area contributed by atoms with Crippen molar-refractivity contribution in [2.24, 2.45) is 0 Å². The smallest absolute Gasteiger partial charge is 0.128 e. The van der Waals surface area contributed by atoms with E-state index >= 15 is 0 Å². The summed E-state index contributed by atoms with van der Waals surface area (Å²) < 4.78 is 6.32. The lowest BCUT2D eigenvalue weighted by atomic mass is 9.80. The minimum atomic E-state index is 0.0442. The average molecular weight is 590 g/mol. The highest BCUT2D eigenvalue weighted by Crippen LogP contribution is 2.47. The van der Waals surface area contributed by atoms with Gasteiger partial charge < -0.3 is 9.64 Å². The van der Waals surface area contributed by atoms with E-state index in [9.17, 15) is 0 Å². The molecule has 2 atom stereocenters. The molecule has 2 unspecified atom stereocenters. The first-order valence-corrected chi connectivity index (χ1v) is 15.9. The van der Waals surface area contributed by atoms with Crippen molar-refractivity contribution in [3.63, 3.8) is 0 Å². The third-order valence-electron chi connectivity index (χ3n) is 9.41. The molecule has 0 fully saturated rings. The standard InChI is InChI=1S/C44H31NO/c1-2-11-32(12-3-1)38-14-6-8-16-41(38)45(37-26-22-30-10-4-5-13-34(30)28-37)36-24-20-31(21-25-36)35-19-18-33-23-27-43-44(40(33)29-35)39-15-7-9-17-42(39)46-43/h1-29,43-44H. The molecular formula is C44H31NO. The maximum absolute atomic E-state index is 6.32. The van der Waals surface area contributed by atoms with E-state index in [1.165, 1.54) is 49.7 Å². The van der Waals surface area contributed by atoms with E-state index in [4.69, 9.17) is 4.74 Å². The minimum absolute atomic E-state index is 0.0442. The second-order valence-corrected chi connectivity index (χ2v) is 12.1. The molecule has 46 heavy (non-hydrogen) atoms. The summed E-state index contributed by atoms with van der Waals surface area (Å²) in [5.74, 6) is 1.21. The Hall–Kier alpha value is -5.86. The van der Waals surface area contributed by atoms with Crippen LogP contribution in [0.2, 0.25) is 0 Å². The molecule has 7 aromatic carbocycles. The summed E-state index contributed by atoms with van der Waals surface area (Å²) in [6, 6.07) is 59.0. The molecule has 0 radical (unpaired) electrons. The van der Waals surface area contributed by atoms with Crippen LogP contribution in [0.1, 0.15) is 22.6 Å². The molecule has 1 aliphatic carbocycles. The molecule has 0 aromatic heterocycles. The molecule has 9 rings (SSSR count). The molecule has 218 valence electrons. The van der Waals surface area contributed by atoms with Crippen molar-refractivity contribution in [1.82, 2.24) is 0 Å². The molecule has 0 saturated heterocycles. The second kappa shape index (κ2) is 10.9. The van der Waals surface area contributed by atoms with E-state index in [0.29, 0.717) is 0 Å². The molecule has 1 aliphatic heterocycles. The highest BCUT2D eigenvalue weighted by molar-refractivity contribution is 5.93. The van der Waals surface area contributed by atoms with Crippen molar-refractivity contribution in [1.29, 1.82) is 0 Å². The van der Waals surface area contributed by atoms with Crippen molar-refractivity contribution in [2.45, 2.75) is 12.0 Å². The van der Waals surface area contributed by atoms with Crippen LogP contribution in [0.5, 0.6) is 5.75 Å². The number of anilines is 3. The summed E-state index contributed by atoms with van der Waals surface area (Å²) in [7, 11) is 0. The van der Waals surface area contributed by atoms with Crippen LogP contribution < -0.4 is 9.64 Å². The predicted octanol–water partition coefficient (Wildman–Crippen LogP) is 11.6. The van der Waals surface area contributed by atoms with E-state index < -0.39 is 0 Å². The Labute approximate surface area is 269 Å². The predicted molar refractivity (Wildman–Crippen MR) is 191 cm³/mol. The maximum Gasteiger partial charge on any atom is 0.128 e. The SMILES string of the molecule is C1=CC2Oc3ccccc3C2c2cc(-c3ccc(N(c4ccc5ccccc5c4)c4ccccc4-c4ccccc4)cc3)ccc21. The summed E-state index contributed by atoms with van der Waals surface area (Å²) in [6.45, 7) is 0. The first-order chi connectivity index (χ1) is 22.8. The van der Waals surface area contributed by atoms with Crippen LogP contribution in [0.25, 0.3) is 39.1 Å². The molecular weight excluding hydrogens is 558 g/mol. The Morgan fingerprint density at radius 1 is 0.478 bits per heavy atom. The van der Waals surface area contributed by atoms with E-state index in [-0.39, 0.29) is 12.0 Å². The van der Waals surface area contributed by atoms with Gasteiger partial charge in [0.1, 0.15) is 11.9 Å². The molecule has 2 nitrogen and oxygen atoms in total. The fourth-order valence-corrected chi connectivity index (χ4v) is 7.18. The normalized spacial score (nSPS) is 15.9. The van der Waals surface area contributed by atoms with E-state index in [0.717, 1.165) is 22.8 Å². The first-order valence-electron chi connectivity index (χ1n) is 15.9. The highest BCUT2D eigenvalue weighted by Gasteiger charge is 2.37. The topological polar surface area (TPSA) is 12.5 Å². The monoisotopic (exact) mass is 589 g/mol. The molecule has 2 aliphatic rings. The number of hydrogen-bond donors (Lipinski definition) is 0. The van der Waals surface area contributed by atoms with E-state index in [1.54, 1.807) is 0 Å². The van der Waals surface area contributed by atoms with E-state index in [2.05, 4.69) is 181 Å². The molecule has 7 aromatic rings. The first kappa shape index (κ1) is 26.5. The lowest BCUT2D eigenvalue weighted by molar-refractivity contribution is 0.267. The number of fused-ring (bicyclic) bond motifs is 6. The van der Waals surface area contributed by atoms with Gasteiger partial charge in [-0.2, -0.15) is 0 Å². The number of nitrogens with zero attached hydrogens (tertiary/aromatic N) is 1. The van der Waals surface area contributed by atoms with Gasteiger partial charge in [0, 0.05) is 22.5 Å². The average Bonchev–Trinajstić information content (AvgIpc) is 3.52. The summed E-state index contributed by atoms with van der Waals surface area (Å²) >= 11 is 0. The third kappa shape index (κ3) is 4.50. The van der Waals surface area contributed by atoms with Gasteiger partial charge in [0.05, 0.1) is 11.6 Å². The summed E-state index contributed by atoms with van der Waals surface area (Å²) in [6.07, 6.45) is 4.46. The zero-order chi connectivity index (χ0) is 30.5. The Morgan fingerprint density at radius 2 is 1.20 bits per heavy atom. The van der Waals surface area contributed by atoms with Crippen LogP contribution in [0.4, 0.5) is 17.1 Å². The Kier molecular flexibility index (Phi) is 6.31. The van der Waals surface area contributed by atoms with Crippen LogP contribution in [-0.2, 0) is 0 Å². The third-order valence-corrected chi connectivity index (χ3v) is 9.41. The molecule has 0 spiro atoms. The fraction of sp³-hybridized carbons (Fsp3) is 0.0455. The molecule has 0 amide bonds. The quantitative estimate of drug-likeness (QED) is 0.198. The van der Waals surface area contributed by atoms with Crippen LogP contribution in [0.3, 0.4) is 0 Å². The molecule has 0 bridgehead atoms. The molecule has 0 N–H and O–H groups in total. The van der Waals surface area contributed by atoms with Gasteiger partial charge in [-0.15, -0.1) is 0 Å². The van der Waals surface area contributed by atoms with Gasteiger partial charge in [0.2, 0.25) is 0 Å². The van der Waals surface area contributed by atoms with Crippen molar-refractivity contribution >= 4 is 33.9 Å². The van der Waals surface area contributed by atoms with Gasteiger partial charge in [0.15, 0.2) is 0 Å². The van der Waals surface area contributed by atoms with Gasteiger partial charge in [-0.1, -0.05) is 127 Å². The number of rotatable bonds is 5. The number of hydrogen-bond acceptors (Lipinski definition) is 2. The summed E-state index contributed by atoms with van der Waals surface area (Å²) in [4.78, 5) is 2.38. The van der Waals surface area contributed by atoms with Crippen LogP contribution >= 0.6 is 0 Å². The molecule has 0 saturated carbocycles. The Bertz CT molecular complexity index is 2250. The van der Waals surface area contributed by atoms with Gasteiger partial charge >= 0.3 is 0 Å². The number of ether oxygens (including phenoxy) is 1. The second-order valence-electron chi connectivity index (χ2n) is 12.1. The summed E-state index contributed by atoms with van der Waals surface area (Å²) in [5.41, 5.74) is 12.0. The minimum Gasteiger partial charge on any atom is -0.485 e. The van der Waals surface area contributed by atoms with Crippen molar-refractivity contribution in [3.8, 4) is 28.0 Å². The van der Waals surface area contributed by atoms with Crippen molar-refractivity contribution in [3.05, 3.63) is 187 Å². The lowest BCUT2D eigenvalue weighted by Crippen LogP contribution is -2.20. The zero-order valence-corrected chi connectivity index (χ0v) is 25.3. The number of para-hydroxylation sites is 2. The highest BCUT2D eigenvalue weighted by atomic mass is 16.5. The van der Waals surface area contributed by atoms with Gasteiger partial charge in [-0.25, -0.2) is 0 Å². The molecule has 2 heteroatoms. The number of benzene rings is 7. The van der Waals surface area contributed by atoms with Crippen LogP contribution in [0, 0.1) is 0 Å². The Balaban J connectivity index is 1.14. The lowest BCUT2D eigenvalue weighted by Gasteiger charge is -2.28. The Morgan fingerprint density at radius 3 is 2.09 bits per heavy atom. The van der Waals surface area contributed by atoms with Gasteiger partial charge in [0.25, 0.3) is 0 Å². The largest absolute Gasteiger partial charge is 0.485 e. The maximum atomic E-state index is 6.32. The fourth-order valence-electron chi connectivity index (χ4n) is 7.18. The van der Waals surface area contributed by atoms with Crippen LogP contribution in [-0.4, -0.2) is 6.10 Å². The van der Waals surface area contributed by atoms with Crippen molar-refractivity contribution < 1.29 is 4.74 Å². The molecule has 1 heterocycles. The summed E-state index contributed by atoms with van der Waals surface area (Å²) in [5, 5.41) is 2.45. The van der Waals surface area contributed by atoms with Crippen LogP contribution in [0.15, 0.2) is 170 Å². The van der Waals surface area contributed by atoms with Gasteiger partial charge in [-0.05, 0) is 87.1 Å². The van der Waals surface area contributed by atoms with Crippen molar-refractivity contribution in [2.75, 3.05) is 4.90 Å². The van der Waals surface area contributed by atoms with Gasteiger partial charge in [-0.3, -0.25) is 0 Å². The van der Waals surface area contributed by atoms with E-state index in [1.807, 2.05) is 0 Å².